The molecule has 26 heavy (non-hydrogen) atoms. The number of aromatic carboxylic acids is 1. The molecule has 8 nitrogen and oxygen atoms in total. The fraction of sp³-hybridized carbons (Fsp3) is 0.0625. The molecule has 1 amide bonds. The number of thioether (sulfide) groups is 1. The molecule has 2 aromatic carbocycles. The van der Waals surface area contributed by atoms with E-state index in [9.17, 15) is 14.0 Å². The molecule has 0 spiro atoms. The van der Waals surface area contributed by atoms with Crippen LogP contribution in [-0.2, 0) is 4.79 Å². The summed E-state index contributed by atoms with van der Waals surface area (Å²) in [4.78, 5) is 22.9. The number of para-hydroxylation sites is 1. The minimum absolute atomic E-state index is 0.0259. The number of aromatic nitrogens is 4. The van der Waals surface area contributed by atoms with Crippen LogP contribution in [0.2, 0.25) is 0 Å². The van der Waals surface area contributed by atoms with E-state index in [4.69, 9.17) is 5.11 Å². The molecule has 2 N–H and O–H groups in total. The van der Waals surface area contributed by atoms with Crippen LogP contribution in [0.1, 0.15) is 10.4 Å². The second-order valence-electron chi connectivity index (χ2n) is 5.04. The Balaban J connectivity index is 1.66. The number of carbonyl (C=O) groups is 2. The number of anilines is 1. The Labute approximate surface area is 151 Å². The Morgan fingerprint density at radius 2 is 1.88 bits per heavy atom. The van der Waals surface area contributed by atoms with Crippen molar-refractivity contribution in [1.82, 2.24) is 20.2 Å². The Bertz CT molecular complexity index is 945. The van der Waals surface area contributed by atoms with E-state index in [-0.39, 0.29) is 17.0 Å². The van der Waals surface area contributed by atoms with Gasteiger partial charge in [-0.25, -0.2) is 9.18 Å². The molecule has 0 aliphatic heterocycles. The average Bonchev–Trinajstić information content (AvgIpc) is 3.10. The molecule has 0 aliphatic carbocycles. The van der Waals surface area contributed by atoms with Crippen LogP contribution in [0, 0.1) is 5.82 Å². The number of nitrogens with one attached hydrogen (secondary N) is 1. The van der Waals surface area contributed by atoms with Crippen LogP contribution in [0.15, 0.2) is 53.7 Å². The number of nitrogens with zero attached hydrogens (tertiary/aromatic N) is 4. The normalized spacial score (nSPS) is 10.5. The summed E-state index contributed by atoms with van der Waals surface area (Å²) >= 11 is 1.07. The number of rotatable bonds is 6. The Morgan fingerprint density at radius 3 is 2.58 bits per heavy atom. The van der Waals surface area contributed by atoms with Crippen molar-refractivity contribution in [2.75, 3.05) is 11.1 Å². The maximum atomic E-state index is 13.5. The summed E-state index contributed by atoms with van der Waals surface area (Å²) in [5, 5.41) is 23.0. The van der Waals surface area contributed by atoms with E-state index in [2.05, 4.69) is 20.8 Å². The third-order valence-electron chi connectivity index (χ3n) is 3.28. The lowest BCUT2D eigenvalue weighted by atomic mass is 10.2. The van der Waals surface area contributed by atoms with Crippen LogP contribution in [0.5, 0.6) is 0 Å². The summed E-state index contributed by atoms with van der Waals surface area (Å²) in [6.07, 6.45) is 0. The van der Waals surface area contributed by atoms with Crippen molar-refractivity contribution < 1.29 is 19.1 Å². The first kappa shape index (κ1) is 17.5. The van der Waals surface area contributed by atoms with Gasteiger partial charge >= 0.3 is 5.97 Å². The van der Waals surface area contributed by atoms with Crippen molar-refractivity contribution >= 4 is 29.3 Å². The lowest BCUT2D eigenvalue weighted by Gasteiger charge is -2.06. The van der Waals surface area contributed by atoms with Gasteiger partial charge in [0.1, 0.15) is 5.82 Å². The second-order valence-corrected chi connectivity index (χ2v) is 5.98. The van der Waals surface area contributed by atoms with Gasteiger partial charge in [0.15, 0.2) is 0 Å². The number of carboxylic acid groups (broad SMARTS) is 1. The topological polar surface area (TPSA) is 110 Å². The number of hydrogen-bond donors (Lipinski definition) is 2. The van der Waals surface area contributed by atoms with Gasteiger partial charge < -0.3 is 10.4 Å². The summed E-state index contributed by atoms with van der Waals surface area (Å²) in [5.74, 6) is -1.99. The highest BCUT2D eigenvalue weighted by Crippen LogP contribution is 2.19. The third kappa shape index (κ3) is 4.03. The maximum Gasteiger partial charge on any atom is 0.335 e. The number of hydrogen-bond acceptors (Lipinski definition) is 6. The lowest BCUT2D eigenvalue weighted by Crippen LogP contribution is -2.15. The van der Waals surface area contributed by atoms with Crippen LogP contribution >= 0.6 is 11.8 Å². The zero-order chi connectivity index (χ0) is 18.5. The van der Waals surface area contributed by atoms with Gasteiger partial charge in [-0.15, -0.1) is 5.10 Å². The molecular formula is C16H12FN5O3S. The molecule has 1 heterocycles. The van der Waals surface area contributed by atoms with Crippen molar-refractivity contribution in [3.05, 3.63) is 59.9 Å². The minimum atomic E-state index is -1.03. The summed E-state index contributed by atoms with van der Waals surface area (Å²) in [6, 6.07) is 11.8. The first-order valence-electron chi connectivity index (χ1n) is 7.34. The van der Waals surface area contributed by atoms with Crippen molar-refractivity contribution in [1.29, 1.82) is 0 Å². The maximum absolute atomic E-state index is 13.5. The molecule has 0 atom stereocenters. The highest BCUT2D eigenvalue weighted by molar-refractivity contribution is 7.99. The molecular weight excluding hydrogens is 361 g/mol. The fourth-order valence-electron chi connectivity index (χ4n) is 2.06. The Morgan fingerprint density at radius 1 is 1.15 bits per heavy atom. The van der Waals surface area contributed by atoms with E-state index >= 15 is 0 Å². The fourth-order valence-corrected chi connectivity index (χ4v) is 2.75. The highest BCUT2D eigenvalue weighted by atomic mass is 32.2. The van der Waals surface area contributed by atoms with Crippen LogP contribution in [0.25, 0.3) is 5.69 Å². The monoisotopic (exact) mass is 373 g/mol. The van der Waals surface area contributed by atoms with E-state index in [1.807, 2.05) is 0 Å². The number of carboxylic acids is 1. The Hall–Kier alpha value is -3.27. The third-order valence-corrected chi connectivity index (χ3v) is 4.20. The molecule has 10 heteroatoms. The summed E-state index contributed by atoms with van der Waals surface area (Å²) in [7, 11) is 0. The quantitative estimate of drug-likeness (QED) is 0.638. The van der Waals surface area contributed by atoms with Crippen LogP contribution in [-0.4, -0.2) is 42.9 Å². The van der Waals surface area contributed by atoms with E-state index in [0.29, 0.717) is 10.8 Å². The van der Waals surface area contributed by atoms with E-state index in [1.165, 1.54) is 35.0 Å². The van der Waals surface area contributed by atoms with Gasteiger partial charge in [-0.1, -0.05) is 23.9 Å². The van der Waals surface area contributed by atoms with Crippen LogP contribution in [0.4, 0.5) is 10.1 Å². The molecule has 3 rings (SSSR count). The summed E-state index contributed by atoms with van der Waals surface area (Å²) in [5.41, 5.74) is 0.791. The minimum Gasteiger partial charge on any atom is -0.478 e. The number of carbonyl (C=O) groups excluding carboxylic acids is 1. The lowest BCUT2D eigenvalue weighted by molar-refractivity contribution is -0.113. The molecule has 0 saturated carbocycles. The molecule has 0 fully saturated rings. The number of amides is 1. The van der Waals surface area contributed by atoms with Gasteiger partial charge in [-0.2, -0.15) is 4.68 Å². The van der Waals surface area contributed by atoms with Gasteiger partial charge in [-0.05, 0) is 46.8 Å². The number of tetrazole rings is 1. The standard InChI is InChI=1S/C16H12FN5O3S/c17-12-3-1-2-4-13(12)18-14(23)9-26-16-19-20-21-22(16)11-7-5-10(6-8-11)15(24)25/h1-8H,9H2,(H,18,23)(H,24,25). The van der Waals surface area contributed by atoms with Crippen molar-refractivity contribution in [2.45, 2.75) is 5.16 Å². The zero-order valence-corrected chi connectivity index (χ0v) is 14.0. The zero-order valence-electron chi connectivity index (χ0n) is 13.2. The van der Waals surface area contributed by atoms with Crippen LogP contribution < -0.4 is 5.32 Å². The molecule has 0 saturated heterocycles. The summed E-state index contributed by atoms with van der Waals surface area (Å²) < 4.78 is 14.9. The predicted molar refractivity (Wildman–Crippen MR) is 91.9 cm³/mol. The van der Waals surface area contributed by atoms with E-state index in [0.717, 1.165) is 11.8 Å². The number of benzene rings is 2. The van der Waals surface area contributed by atoms with Crippen molar-refractivity contribution in [3.8, 4) is 5.69 Å². The molecule has 0 radical (unpaired) electrons. The van der Waals surface area contributed by atoms with E-state index in [1.54, 1.807) is 18.2 Å². The van der Waals surface area contributed by atoms with Gasteiger partial charge in [0.2, 0.25) is 11.1 Å². The van der Waals surface area contributed by atoms with Gasteiger partial charge in [-0.3, -0.25) is 4.79 Å². The van der Waals surface area contributed by atoms with Gasteiger partial charge in [0, 0.05) is 0 Å². The van der Waals surface area contributed by atoms with Crippen molar-refractivity contribution in [3.63, 3.8) is 0 Å². The molecule has 0 unspecified atom stereocenters. The van der Waals surface area contributed by atoms with Gasteiger partial charge in [0.25, 0.3) is 0 Å². The molecule has 0 aliphatic rings. The largest absolute Gasteiger partial charge is 0.478 e. The van der Waals surface area contributed by atoms with E-state index < -0.39 is 17.7 Å². The second kappa shape index (κ2) is 7.74. The van der Waals surface area contributed by atoms with Crippen LogP contribution in [0.3, 0.4) is 0 Å². The summed E-state index contributed by atoms with van der Waals surface area (Å²) in [6.45, 7) is 0. The Kier molecular flexibility index (Phi) is 5.23. The molecule has 1 aromatic heterocycles. The highest BCUT2D eigenvalue weighted by Gasteiger charge is 2.13. The molecule has 0 bridgehead atoms. The SMILES string of the molecule is O=C(CSc1nnnn1-c1ccc(C(=O)O)cc1)Nc1ccccc1F. The smallest absolute Gasteiger partial charge is 0.335 e. The average molecular weight is 373 g/mol. The van der Waals surface area contributed by atoms with Crippen molar-refractivity contribution in [2.24, 2.45) is 0 Å². The first-order chi connectivity index (χ1) is 12.5. The predicted octanol–water partition coefficient (Wildman–Crippen LogP) is 2.23. The molecule has 132 valence electrons. The first-order valence-corrected chi connectivity index (χ1v) is 8.32. The van der Waals surface area contributed by atoms with Gasteiger partial charge in [0.05, 0.1) is 22.7 Å². The number of halogens is 1. The molecule has 3 aromatic rings.